The number of hydrogen-bond donors (Lipinski definition) is 0. The lowest BCUT2D eigenvalue weighted by molar-refractivity contribution is -0.595. The number of hydrogen-bond acceptors (Lipinski definition) is 4. The first kappa shape index (κ1) is 32.1. The molecule has 1 aliphatic rings. The third-order valence-corrected chi connectivity index (χ3v) is 5.12. The van der Waals surface area contributed by atoms with Crippen molar-refractivity contribution < 1.29 is 88.3 Å². The van der Waals surface area contributed by atoms with Gasteiger partial charge in [-0.25, -0.2) is 4.39 Å². The highest BCUT2D eigenvalue weighted by atomic mass is 32.2. The van der Waals surface area contributed by atoms with Gasteiger partial charge in [0.2, 0.25) is 0 Å². The molecule has 0 aromatic heterocycles. The highest BCUT2D eigenvalue weighted by Gasteiger charge is 2.89. The lowest BCUT2D eigenvalue weighted by Crippen LogP contribution is -2.77. The molecule has 0 amide bonds. The first-order chi connectivity index (χ1) is 14.9. The zero-order valence-corrected chi connectivity index (χ0v) is 17.6. The van der Waals surface area contributed by atoms with Crippen molar-refractivity contribution in [3.05, 3.63) is 0 Å². The van der Waals surface area contributed by atoms with E-state index in [9.17, 15) is 74.6 Å². The van der Waals surface area contributed by atoms with Gasteiger partial charge < -0.3 is 0 Å². The zero-order valence-electron chi connectivity index (χ0n) is 16.8. The van der Waals surface area contributed by atoms with Gasteiger partial charge in [0.05, 0.1) is 5.75 Å². The summed E-state index contributed by atoms with van der Waals surface area (Å²) < 4.78 is 236. The van der Waals surface area contributed by atoms with E-state index in [4.69, 9.17) is 0 Å². The Bertz CT molecular complexity index is 789. The van der Waals surface area contributed by atoms with E-state index < -0.39 is 77.2 Å². The highest BCUT2D eigenvalue weighted by Crippen LogP contribution is 2.62. The van der Waals surface area contributed by atoms with E-state index in [1.54, 1.807) is 0 Å². The fourth-order valence-electron chi connectivity index (χ4n) is 2.23. The quantitative estimate of drug-likeness (QED) is 0.251. The van der Waals surface area contributed by atoms with Gasteiger partial charge in [0, 0.05) is 17.5 Å². The average Bonchev–Trinajstić information content (AvgIpc) is 2.55. The molecule has 210 valence electrons. The second kappa shape index (κ2) is 8.27. The molecule has 0 bridgehead atoms. The van der Waals surface area contributed by atoms with Gasteiger partial charge in [-0.2, -0.15) is 70.2 Å². The predicted molar refractivity (Wildman–Crippen MR) is 78.6 cm³/mol. The molecule has 35 heavy (non-hydrogen) atoms. The molecule has 1 aliphatic heterocycles. The van der Waals surface area contributed by atoms with Crippen molar-refractivity contribution in [1.82, 2.24) is 0 Å². The van der Waals surface area contributed by atoms with Crippen LogP contribution in [-0.4, -0.2) is 59.7 Å². The van der Waals surface area contributed by atoms with Crippen LogP contribution in [0.1, 0.15) is 20.8 Å². The van der Waals surface area contributed by atoms with Crippen LogP contribution < -0.4 is 0 Å². The van der Waals surface area contributed by atoms with Crippen LogP contribution in [0.2, 0.25) is 0 Å². The van der Waals surface area contributed by atoms with Crippen LogP contribution >= 0.6 is 12.0 Å². The predicted octanol–water partition coefficient (Wildman–Crippen LogP) is 7.32. The summed E-state index contributed by atoms with van der Waals surface area (Å²) in [6.07, 6.45) is -28.1. The summed E-state index contributed by atoms with van der Waals surface area (Å²) in [4.78, 5) is 0. The maximum atomic E-state index is 14.7. The Kier molecular flexibility index (Phi) is 7.58. The third kappa shape index (κ3) is 4.73. The van der Waals surface area contributed by atoms with Crippen molar-refractivity contribution >= 4 is 12.0 Å². The zero-order chi connectivity index (χ0) is 28.5. The lowest BCUT2D eigenvalue weighted by atomic mass is 9.83. The van der Waals surface area contributed by atoms with Crippen LogP contribution in [0.25, 0.3) is 0 Å². The van der Waals surface area contributed by atoms with E-state index in [0.29, 0.717) is 0 Å². The monoisotopic (exact) mass is 582 g/mol. The molecule has 0 aromatic rings. The minimum atomic E-state index is -7.18. The topological polar surface area (TPSA) is 27.7 Å². The molecule has 0 aromatic carbocycles. The minimum absolute atomic E-state index is 0.287. The maximum Gasteiger partial charge on any atom is 0.458 e. The molecule has 1 saturated heterocycles. The van der Waals surface area contributed by atoms with E-state index in [-0.39, 0.29) is 20.8 Å². The molecule has 1 heterocycles. The number of alkyl halides is 17. The molecular formula is C14H11F17O3S. The van der Waals surface area contributed by atoms with Gasteiger partial charge in [0.1, 0.15) is 0 Å². The van der Waals surface area contributed by atoms with Crippen molar-refractivity contribution in [3.8, 4) is 0 Å². The van der Waals surface area contributed by atoms with Crippen LogP contribution in [0.3, 0.4) is 0 Å². The summed E-state index contributed by atoms with van der Waals surface area (Å²) in [5, 5.41) is 0. The molecule has 0 spiro atoms. The molecule has 4 atom stereocenters. The Morgan fingerprint density at radius 2 is 1.06 bits per heavy atom. The molecule has 4 unspecified atom stereocenters. The fourth-order valence-corrected chi connectivity index (χ4v) is 3.04. The van der Waals surface area contributed by atoms with Crippen LogP contribution in [-0.2, 0) is 13.7 Å². The Balaban J connectivity index is 3.54. The first-order valence-corrected chi connectivity index (χ1v) is 9.20. The van der Waals surface area contributed by atoms with Crippen molar-refractivity contribution in [3.63, 3.8) is 0 Å². The third-order valence-electron chi connectivity index (χ3n) is 4.28. The Labute approximate surface area is 187 Å². The second-order valence-corrected chi connectivity index (χ2v) is 8.59. The van der Waals surface area contributed by atoms with E-state index in [1.807, 2.05) is 0 Å². The average molecular weight is 582 g/mol. The van der Waals surface area contributed by atoms with E-state index in [2.05, 4.69) is 13.7 Å². The van der Waals surface area contributed by atoms with Crippen molar-refractivity contribution in [1.29, 1.82) is 0 Å². The lowest BCUT2D eigenvalue weighted by Gasteiger charge is -2.50. The van der Waals surface area contributed by atoms with Crippen molar-refractivity contribution in [2.24, 2.45) is 5.41 Å². The Hall–Kier alpha value is -0.960. The summed E-state index contributed by atoms with van der Waals surface area (Å²) in [6, 6.07) is 0. The highest BCUT2D eigenvalue weighted by molar-refractivity contribution is 7.94. The summed E-state index contributed by atoms with van der Waals surface area (Å²) in [5.74, 6) is -35.0. The van der Waals surface area contributed by atoms with E-state index >= 15 is 0 Å². The molecule has 1 rings (SSSR count). The van der Waals surface area contributed by atoms with Gasteiger partial charge in [-0.1, -0.05) is 20.8 Å². The molecule has 3 nitrogen and oxygen atoms in total. The molecule has 0 aliphatic carbocycles. The van der Waals surface area contributed by atoms with Crippen LogP contribution in [0, 0.1) is 5.41 Å². The minimum Gasteiger partial charge on any atom is -0.288 e. The van der Waals surface area contributed by atoms with Gasteiger partial charge >= 0.3 is 48.1 Å². The second-order valence-electron chi connectivity index (χ2n) is 7.90. The Morgan fingerprint density at radius 3 is 1.37 bits per heavy atom. The molecule has 0 N–H and O–H groups in total. The maximum absolute atomic E-state index is 14.7. The van der Waals surface area contributed by atoms with Crippen LogP contribution in [0.4, 0.5) is 74.6 Å². The number of rotatable bonds is 5. The van der Waals surface area contributed by atoms with Crippen molar-refractivity contribution in [2.45, 2.75) is 74.8 Å². The molecule has 1 fully saturated rings. The fraction of sp³-hybridized carbons (Fsp3) is 1.00. The van der Waals surface area contributed by atoms with Crippen LogP contribution in [0.15, 0.2) is 0 Å². The van der Waals surface area contributed by atoms with Gasteiger partial charge in [-0.15, -0.1) is 0 Å². The molecule has 0 saturated carbocycles. The standard InChI is InChI=1S/C14H11F17O3S/c1-5(2,3)7(16,17)9(19,12(24,25)26)34-35-4-6(15)8(18,11(21,22)23)33-14(30,31)10(20,32-6)13(27,28)29/h4H2,1-3H3. The smallest absolute Gasteiger partial charge is 0.288 e. The number of ether oxygens (including phenoxy) is 2. The van der Waals surface area contributed by atoms with E-state index in [0.717, 1.165) is 0 Å². The normalized spacial score (nSPS) is 32.9. The molecule has 21 heteroatoms. The molecule has 0 radical (unpaired) electrons. The summed E-state index contributed by atoms with van der Waals surface area (Å²) in [7, 11) is 0. The SMILES string of the molecule is CC(C)(C)C(F)(F)C(F)(OSCC1(F)OC(F)(C(F)(F)F)C(F)(F)OC1(F)C(F)(F)F)C(F)(F)F. The molecular weight excluding hydrogens is 571 g/mol. The Morgan fingerprint density at radius 1 is 0.657 bits per heavy atom. The van der Waals surface area contributed by atoms with Crippen LogP contribution in [0.5, 0.6) is 0 Å². The van der Waals surface area contributed by atoms with Gasteiger partial charge in [0.15, 0.2) is 0 Å². The van der Waals surface area contributed by atoms with Crippen molar-refractivity contribution in [2.75, 3.05) is 5.75 Å². The van der Waals surface area contributed by atoms with E-state index in [1.165, 1.54) is 0 Å². The summed E-state index contributed by atoms with van der Waals surface area (Å²) >= 11 is -1.91. The summed E-state index contributed by atoms with van der Waals surface area (Å²) in [5.41, 5.74) is -3.02. The number of halogens is 17. The summed E-state index contributed by atoms with van der Waals surface area (Å²) in [6.45, 7) is 0.860. The largest absolute Gasteiger partial charge is 0.458 e. The van der Waals surface area contributed by atoms with Gasteiger partial charge in [-0.05, 0) is 0 Å². The first-order valence-electron chi connectivity index (χ1n) is 8.29. The van der Waals surface area contributed by atoms with Gasteiger partial charge in [0.25, 0.3) is 5.85 Å². The van der Waals surface area contributed by atoms with Gasteiger partial charge in [-0.3, -0.25) is 13.7 Å².